The van der Waals surface area contributed by atoms with Crippen molar-refractivity contribution in [2.24, 2.45) is 4.99 Å². The number of carbonyl (C=O) groups excluding carboxylic acids is 1. The summed E-state index contributed by atoms with van der Waals surface area (Å²) in [7, 11) is 1.58. The van der Waals surface area contributed by atoms with E-state index in [1.165, 1.54) is 6.42 Å². The van der Waals surface area contributed by atoms with Crippen LogP contribution in [0.4, 0.5) is 18.9 Å². The van der Waals surface area contributed by atoms with E-state index in [1.54, 1.807) is 7.05 Å². The van der Waals surface area contributed by atoms with Crippen molar-refractivity contribution in [2.45, 2.75) is 24.5 Å². The molecular formula is C16H21F3N4OS. The summed E-state index contributed by atoms with van der Waals surface area (Å²) in [6, 6.07) is 1.72. The zero-order valence-electron chi connectivity index (χ0n) is 14.1. The number of rotatable bonds is 5. The summed E-state index contributed by atoms with van der Waals surface area (Å²) in [6.07, 6.45) is 2.29. The number of aliphatic imine (C=N–C) groups is 1. The van der Waals surface area contributed by atoms with Gasteiger partial charge in [0.15, 0.2) is 23.4 Å². The highest BCUT2D eigenvalue weighted by Crippen LogP contribution is 2.36. The first-order valence-corrected chi connectivity index (χ1v) is 8.85. The van der Waals surface area contributed by atoms with Gasteiger partial charge in [0.25, 0.3) is 0 Å². The van der Waals surface area contributed by atoms with Crippen LogP contribution < -0.4 is 16.0 Å². The molecule has 3 N–H and O–H groups in total. The molecule has 0 aromatic heterocycles. The molecule has 1 heterocycles. The van der Waals surface area contributed by atoms with Crippen molar-refractivity contribution in [1.82, 2.24) is 10.6 Å². The molecule has 1 aliphatic rings. The molecule has 9 heteroatoms. The van der Waals surface area contributed by atoms with E-state index in [-0.39, 0.29) is 11.3 Å². The summed E-state index contributed by atoms with van der Waals surface area (Å²) in [5.41, 5.74) is -0.413. The quantitative estimate of drug-likeness (QED) is 0.421. The van der Waals surface area contributed by atoms with Gasteiger partial charge < -0.3 is 16.0 Å². The lowest BCUT2D eigenvalue weighted by atomic mass is 10.1. The molecule has 1 saturated heterocycles. The maximum absolute atomic E-state index is 13.5. The minimum Gasteiger partial charge on any atom is -0.355 e. The Morgan fingerprint density at radius 3 is 2.68 bits per heavy atom. The zero-order valence-corrected chi connectivity index (χ0v) is 14.9. The van der Waals surface area contributed by atoms with E-state index in [0.29, 0.717) is 12.5 Å². The van der Waals surface area contributed by atoms with Crippen LogP contribution in [0.1, 0.15) is 19.8 Å². The van der Waals surface area contributed by atoms with Gasteiger partial charge in [-0.1, -0.05) is 0 Å². The lowest BCUT2D eigenvalue weighted by molar-refractivity contribution is -0.115. The summed E-state index contributed by atoms with van der Waals surface area (Å²) >= 11 is 1.90. The number of carbonyl (C=O) groups is 1. The molecule has 0 spiro atoms. The van der Waals surface area contributed by atoms with Crippen molar-refractivity contribution < 1.29 is 18.0 Å². The van der Waals surface area contributed by atoms with Crippen molar-refractivity contribution in [3.05, 3.63) is 29.6 Å². The molecule has 138 valence electrons. The van der Waals surface area contributed by atoms with E-state index >= 15 is 0 Å². The average Bonchev–Trinajstić information content (AvgIpc) is 3.02. The number of nitrogens with one attached hydrogen (secondary N) is 3. The Labute approximate surface area is 148 Å². The minimum atomic E-state index is -1.62. The van der Waals surface area contributed by atoms with Crippen LogP contribution in [0.2, 0.25) is 0 Å². The number of amides is 1. The first kappa shape index (κ1) is 19.4. The monoisotopic (exact) mass is 374 g/mol. The van der Waals surface area contributed by atoms with Crippen LogP contribution in [0.5, 0.6) is 0 Å². The van der Waals surface area contributed by atoms with E-state index in [2.05, 4.69) is 27.9 Å². The first-order valence-electron chi connectivity index (χ1n) is 7.86. The fraction of sp³-hybridized carbons (Fsp3) is 0.500. The molecular weight excluding hydrogens is 353 g/mol. The molecule has 0 saturated carbocycles. The molecule has 1 atom stereocenters. The van der Waals surface area contributed by atoms with E-state index in [0.717, 1.165) is 24.3 Å². The molecule has 5 nitrogen and oxygen atoms in total. The predicted octanol–water partition coefficient (Wildman–Crippen LogP) is 2.49. The van der Waals surface area contributed by atoms with Crippen molar-refractivity contribution >= 4 is 29.3 Å². The van der Waals surface area contributed by atoms with Crippen molar-refractivity contribution in [2.75, 3.05) is 31.2 Å². The molecule has 0 aliphatic carbocycles. The van der Waals surface area contributed by atoms with Crippen LogP contribution in [-0.2, 0) is 4.79 Å². The van der Waals surface area contributed by atoms with Gasteiger partial charge >= 0.3 is 0 Å². The number of nitrogens with zero attached hydrogens (tertiary/aromatic N) is 1. The van der Waals surface area contributed by atoms with Gasteiger partial charge in [0, 0.05) is 18.3 Å². The molecule has 1 fully saturated rings. The van der Waals surface area contributed by atoms with E-state index < -0.39 is 29.0 Å². The molecule has 1 aromatic rings. The fourth-order valence-corrected chi connectivity index (χ4v) is 3.69. The van der Waals surface area contributed by atoms with Crippen LogP contribution in [0.3, 0.4) is 0 Å². The summed E-state index contributed by atoms with van der Waals surface area (Å²) < 4.78 is 39.7. The molecule has 25 heavy (non-hydrogen) atoms. The molecule has 2 rings (SSSR count). The number of anilines is 1. The maximum Gasteiger partial charge on any atom is 0.243 e. The van der Waals surface area contributed by atoms with Gasteiger partial charge in [0.2, 0.25) is 5.91 Å². The average molecular weight is 374 g/mol. The molecule has 1 aliphatic heterocycles. The second-order valence-electron chi connectivity index (χ2n) is 5.95. The van der Waals surface area contributed by atoms with Gasteiger partial charge in [-0.2, -0.15) is 11.8 Å². The third-order valence-electron chi connectivity index (χ3n) is 3.88. The largest absolute Gasteiger partial charge is 0.355 e. The fourth-order valence-electron chi connectivity index (χ4n) is 2.45. The van der Waals surface area contributed by atoms with E-state index in [9.17, 15) is 18.0 Å². The topological polar surface area (TPSA) is 65.5 Å². The number of guanidine groups is 1. The molecule has 1 unspecified atom stereocenters. The van der Waals surface area contributed by atoms with Gasteiger partial charge in [0.05, 0.1) is 12.2 Å². The van der Waals surface area contributed by atoms with Crippen LogP contribution in [0.15, 0.2) is 17.1 Å². The normalized spacial score (nSPS) is 20.4. The summed E-state index contributed by atoms with van der Waals surface area (Å²) in [6.45, 7) is 2.68. The number of hydrogen-bond donors (Lipinski definition) is 3. The second-order valence-corrected chi connectivity index (χ2v) is 7.63. The van der Waals surface area contributed by atoms with Crippen molar-refractivity contribution in [3.63, 3.8) is 0 Å². The SMILES string of the molecule is CN=C(NCC(=O)Nc1ccc(F)c(F)c1F)NCC1(C)CCCS1. The van der Waals surface area contributed by atoms with Crippen LogP contribution >= 0.6 is 11.8 Å². The summed E-state index contributed by atoms with van der Waals surface area (Å²) in [4.78, 5) is 15.9. The highest BCUT2D eigenvalue weighted by molar-refractivity contribution is 8.00. The maximum atomic E-state index is 13.5. The highest BCUT2D eigenvalue weighted by atomic mass is 32.2. The number of halogens is 3. The van der Waals surface area contributed by atoms with E-state index in [4.69, 9.17) is 0 Å². The van der Waals surface area contributed by atoms with Gasteiger partial charge in [0.1, 0.15) is 0 Å². The lowest BCUT2D eigenvalue weighted by Gasteiger charge is -2.24. The lowest BCUT2D eigenvalue weighted by Crippen LogP contribution is -2.45. The standard InChI is InChI=1S/C16H21F3N4OS/c1-16(6-3-7-25-16)9-22-15(20-2)21-8-12(24)23-11-5-4-10(17)13(18)14(11)19/h4-5H,3,6-9H2,1-2H3,(H,23,24)(H2,20,21,22). The van der Waals surface area contributed by atoms with Gasteiger partial charge in [-0.3, -0.25) is 9.79 Å². The van der Waals surface area contributed by atoms with Crippen molar-refractivity contribution in [1.29, 1.82) is 0 Å². The van der Waals surface area contributed by atoms with Gasteiger partial charge in [-0.15, -0.1) is 0 Å². The Balaban J connectivity index is 1.83. The molecule has 1 aromatic carbocycles. The Morgan fingerprint density at radius 1 is 1.28 bits per heavy atom. The summed E-state index contributed by atoms with van der Waals surface area (Å²) in [5, 5.41) is 8.15. The van der Waals surface area contributed by atoms with Crippen molar-refractivity contribution in [3.8, 4) is 0 Å². The Hall–Kier alpha value is -1.90. The molecule has 1 amide bonds. The van der Waals surface area contributed by atoms with E-state index in [1.807, 2.05) is 11.8 Å². The highest BCUT2D eigenvalue weighted by Gasteiger charge is 2.29. The molecule has 0 bridgehead atoms. The second kappa shape index (κ2) is 8.46. The minimum absolute atomic E-state index is 0.134. The van der Waals surface area contributed by atoms with Gasteiger partial charge in [-0.25, -0.2) is 13.2 Å². The Morgan fingerprint density at radius 2 is 2.04 bits per heavy atom. The Kier molecular flexibility index (Phi) is 6.57. The third-order valence-corrected chi connectivity index (χ3v) is 5.42. The van der Waals surface area contributed by atoms with Crippen LogP contribution in [0.25, 0.3) is 0 Å². The zero-order chi connectivity index (χ0) is 18.4. The summed E-state index contributed by atoms with van der Waals surface area (Å²) in [5.74, 6) is -3.39. The number of hydrogen-bond acceptors (Lipinski definition) is 3. The van der Waals surface area contributed by atoms with Crippen LogP contribution in [0, 0.1) is 17.5 Å². The van der Waals surface area contributed by atoms with Crippen LogP contribution in [-0.4, -0.2) is 42.5 Å². The number of benzene rings is 1. The number of thioether (sulfide) groups is 1. The Bertz CT molecular complexity index is 663. The van der Waals surface area contributed by atoms with Gasteiger partial charge in [-0.05, 0) is 37.7 Å². The predicted molar refractivity (Wildman–Crippen MR) is 94.4 cm³/mol. The molecule has 0 radical (unpaired) electrons. The first-order chi connectivity index (χ1) is 11.8. The smallest absolute Gasteiger partial charge is 0.243 e. The third kappa shape index (κ3) is 5.29.